The van der Waals surface area contributed by atoms with E-state index in [4.69, 9.17) is 21.1 Å². The molecule has 0 saturated heterocycles. The summed E-state index contributed by atoms with van der Waals surface area (Å²) in [5, 5.41) is 8.44. The Hall–Kier alpha value is -1.88. The Morgan fingerprint density at radius 3 is 2.41 bits per heavy atom. The first-order chi connectivity index (χ1) is 10.5. The lowest BCUT2D eigenvalue weighted by molar-refractivity contribution is 0.404. The second-order valence-corrected chi connectivity index (χ2v) is 5.41. The molecule has 0 aliphatic heterocycles. The predicted octanol–water partition coefficient (Wildman–Crippen LogP) is 3.80. The maximum Gasteiger partial charge on any atom is 0.143 e. The molecule has 1 aromatic heterocycles. The molecule has 0 atom stereocenters. The van der Waals surface area contributed by atoms with Crippen LogP contribution in [-0.4, -0.2) is 24.0 Å². The van der Waals surface area contributed by atoms with Crippen LogP contribution in [0.4, 0.5) is 5.69 Å². The van der Waals surface area contributed by atoms with Gasteiger partial charge in [-0.15, -0.1) is 0 Å². The van der Waals surface area contributed by atoms with Crippen LogP contribution in [0.15, 0.2) is 12.1 Å². The van der Waals surface area contributed by atoms with Gasteiger partial charge in [-0.3, -0.25) is 4.68 Å². The maximum absolute atomic E-state index is 6.12. The molecule has 6 heteroatoms. The highest BCUT2D eigenvalue weighted by molar-refractivity contribution is 6.32. The fraction of sp³-hybridized carbons (Fsp3) is 0.438. The largest absolute Gasteiger partial charge is 0.495 e. The Labute approximate surface area is 136 Å². The van der Waals surface area contributed by atoms with Crippen molar-refractivity contribution in [2.45, 2.75) is 33.9 Å². The van der Waals surface area contributed by atoms with E-state index in [-0.39, 0.29) is 0 Å². The predicted molar refractivity (Wildman–Crippen MR) is 89.3 cm³/mol. The Kier molecular flexibility index (Phi) is 5.19. The number of methoxy groups -OCH3 is 2. The van der Waals surface area contributed by atoms with Gasteiger partial charge in [-0.25, -0.2) is 0 Å². The molecule has 0 aliphatic carbocycles. The van der Waals surface area contributed by atoms with Crippen molar-refractivity contribution in [2.75, 3.05) is 19.5 Å². The number of halogens is 1. The highest BCUT2D eigenvalue weighted by Gasteiger charge is 2.13. The molecule has 5 nitrogen and oxygen atoms in total. The second-order valence-electron chi connectivity index (χ2n) is 5.01. The lowest BCUT2D eigenvalue weighted by atomic mass is 10.2. The molecule has 0 radical (unpaired) electrons. The number of hydrogen-bond acceptors (Lipinski definition) is 4. The number of nitrogens with one attached hydrogen (secondary N) is 1. The highest BCUT2D eigenvalue weighted by Crippen LogP contribution is 2.36. The van der Waals surface area contributed by atoms with E-state index in [9.17, 15) is 0 Å². The molecule has 0 unspecified atom stereocenters. The second kappa shape index (κ2) is 6.92. The summed E-state index contributed by atoms with van der Waals surface area (Å²) in [7, 11) is 3.21. The summed E-state index contributed by atoms with van der Waals surface area (Å²) >= 11 is 6.12. The van der Waals surface area contributed by atoms with Crippen molar-refractivity contribution in [1.82, 2.24) is 9.78 Å². The van der Waals surface area contributed by atoms with Gasteiger partial charge in [0.2, 0.25) is 0 Å². The van der Waals surface area contributed by atoms with Crippen LogP contribution < -0.4 is 14.8 Å². The summed E-state index contributed by atoms with van der Waals surface area (Å²) in [6.07, 6.45) is 0. The van der Waals surface area contributed by atoms with Gasteiger partial charge in [0, 0.05) is 36.5 Å². The minimum Gasteiger partial charge on any atom is -0.495 e. The summed E-state index contributed by atoms with van der Waals surface area (Å²) in [5.74, 6) is 1.30. The molecule has 0 saturated carbocycles. The van der Waals surface area contributed by atoms with Gasteiger partial charge in [-0.05, 0) is 20.8 Å². The van der Waals surface area contributed by atoms with Crippen LogP contribution in [0.1, 0.15) is 23.9 Å². The average Bonchev–Trinajstić information content (AvgIpc) is 2.79. The van der Waals surface area contributed by atoms with E-state index >= 15 is 0 Å². The first kappa shape index (κ1) is 16.5. The molecule has 2 rings (SSSR count). The molecule has 0 fully saturated rings. The summed E-state index contributed by atoms with van der Waals surface area (Å²) in [6, 6.07) is 3.59. The number of hydrogen-bond donors (Lipinski definition) is 1. The summed E-state index contributed by atoms with van der Waals surface area (Å²) < 4.78 is 12.6. The van der Waals surface area contributed by atoms with E-state index in [1.165, 1.54) is 11.3 Å². The van der Waals surface area contributed by atoms with Crippen LogP contribution in [0.3, 0.4) is 0 Å². The van der Waals surface area contributed by atoms with Crippen molar-refractivity contribution in [1.29, 1.82) is 0 Å². The fourth-order valence-corrected chi connectivity index (χ4v) is 2.71. The topological polar surface area (TPSA) is 48.3 Å². The molecule has 1 aromatic carbocycles. The molecular weight excluding hydrogens is 302 g/mol. The first-order valence-corrected chi connectivity index (χ1v) is 7.57. The van der Waals surface area contributed by atoms with Crippen LogP contribution in [0.5, 0.6) is 11.5 Å². The molecule has 1 N–H and O–H groups in total. The Morgan fingerprint density at radius 1 is 1.18 bits per heavy atom. The van der Waals surface area contributed by atoms with Crippen LogP contribution in [-0.2, 0) is 13.1 Å². The smallest absolute Gasteiger partial charge is 0.143 e. The molecule has 0 spiro atoms. The molecule has 120 valence electrons. The lowest BCUT2D eigenvalue weighted by Gasteiger charge is -2.14. The van der Waals surface area contributed by atoms with Gasteiger partial charge >= 0.3 is 0 Å². The number of nitrogens with zero attached hydrogens (tertiary/aromatic N) is 2. The first-order valence-electron chi connectivity index (χ1n) is 7.20. The molecule has 0 amide bonds. The molecule has 0 bridgehead atoms. The third-order valence-corrected chi connectivity index (χ3v) is 4.06. The van der Waals surface area contributed by atoms with Crippen molar-refractivity contribution < 1.29 is 9.47 Å². The zero-order chi connectivity index (χ0) is 16.3. The van der Waals surface area contributed by atoms with Gasteiger partial charge in [-0.2, -0.15) is 5.10 Å². The standard InChI is InChI=1S/C16H22ClN3O2/c1-6-20-11(3)12(10(2)19-20)9-18-14-8-15(21-4)13(17)7-16(14)22-5/h7-8,18H,6,9H2,1-5H3. The van der Waals surface area contributed by atoms with Crippen molar-refractivity contribution in [3.63, 3.8) is 0 Å². The lowest BCUT2D eigenvalue weighted by Crippen LogP contribution is -2.05. The van der Waals surface area contributed by atoms with Gasteiger partial charge in [0.25, 0.3) is 0 Å². The molecule has 22 heavy (non-hydrogen) atoms. The third kappa shape index (κ3) is 3.14. The molecule has 2 aromatic rings. The maximum atomic E-state index is 6.12. The van der Waals surface area contributed by atoms with E-state index in [0.29, 0.717) is 23.1 Å². The van der Waals surface area contributed by atoms with E-state index in [1.54, 1.807) is 20.3 Å². The molecule has 1 heterocycles. The number of ether oxygens (including phenoxy) is 2. The minimum atomic E-state index is 0.524. The van der Waals surface area contributed by atoms with Gasteiger partial charge in [0.05, 0.1) is 30.6 Å². The van der Waals surface area contributed by atoms with Crippen LogP contribution in [0.2, 0.25) is 5.02 Å². The van der Waals surface area contributed by atoms with Gasteiger partial charge in [-0.1, -0.05) is 11.6 Å². The number of benzene rings is 1. The van der Waals surface area contributed by atoms with Crippen molar-refractivity contribution in [3.05, 3.63) is 34.1 Å². The highest BCUT2D eigenvalue weighted by atomic mass is 35.5. The monoisotopic (exact) mass is 323 g/mol. The van der Waals surface area contributed by atoms with E-state index in [1.807, 2.05) is 17.7 Å². The van der Waals surface area contributed by atoms with Crippen LogP contribution in [0, 0.1) is 13.8 Å². The Morgan fingerprint density at radius 2 is 1.86 bits per heavy atom. The normalized spacial score (nSPS) is 10.6. The Balaban J connectivity index is 2.26. The average molecular weight is 324 g/mol. The van der Waals surface area contributed by atoms with Gasteiger partial charge < -0.3 is 14.8 Å². The molecular formula is C16H22ClN3O2. The number of aromatic nitrogens is 2. The summed E-state index contributed by atoms with van der Waals surface area (Å²) in [6.45, 7) is 7.73. The quantitative estimate of drug-likeness (QED) is 0.878. The van der Waals surface area contributed by atoms with Gasteiger partial charge in [0.1, 0.15) is 11.5 Å². The molecule has 0 aliphatic rings. The van der Waals surface area contributed by atoms with Crippen molar-refractivity contribution in [3.8, 4) is 11.5 Å². The number of anilines is 1. The Bertz CT molecular complexity index is 668. The van der Waals surface area contributed by atoms with Crippen molar-refractivity contribution in [2.24, 2.45) is 0 Å². The third-order valence-electron chi connectivity index (χ3n) is 3.76. The summed E-state index contributed by atoms with van der Waals surface area (Å²) in [4.78, 5) is 0. The van der Waals surface area contributed by atoms with E-state index in [2.05, 4.69) is 24.3 Å². The van der Waals surface area contributed by atoms with Crippen molar-refractivity contribution >= 4 is 17.3 Å². The number of aryl methyl sites for hydroxylation is 2. The van der Waals surface area contributed by atoms with Crippen LogP contribution in [0.25, 0.3) is 0 Å². The zero-order valence-corrected chi connectivity index (χ0v) is 14.4. The minimum absolute atomic E-state index is 0.524. The SMILES string of the molecule is CCn1nc(C)c(CNc2cc(OC)c(Cl)cc2OC)c1C. The summed E-state index contributed by atoms with van der Waals surface area (Å²) in [5.41, 5.74) is 4.24. The zero-order valence-electron chi connectivity index (χ0n) is 13.7. The van der Waals surface area contributed by atoms with E-state index < -0.39 is 0 Å². The van der Waals surface area contributed by atoms with Gasteiger partial charge in [0.15, 0.2) is 0 Å². The van der Waals surface area contributed by atoms with E-state index in [0.717, 1.165) is 17.9 Å². The fourth-order valence-electron chi connectivity index (χ4n) is 2.48. The van der Waals surface area contributed by atoms with Crippen LogP contribution >= 0.6 is 11.6 Å². The number of rotatable bonds is 6.